The second-order valence-corrected chi connectivity index (χ2v) is 12.3. The van der Waals surface area contributed by atoms with Gasteiger partial charge >= 0.3 is 6.03 Å². The molecular formula is C34H46N8O5. The molecule has 0 unspecified atom stereocenters. The average Bonchev–Trinajstić information content (AvgIpc) is 3.62. The second kappa shape index (κ2) is 15.6. The molecule has 3 heterocycles. The Morgan fingerprint density at radius 2 is 1.57 bits per heavy atom. The van der Waals surface area contributed by atoms with Crippen LogP contribution in [-0.4, -0.2) is 102 Å². The fourth-order valence-corrected chi connectivity index (χ4v) is 6.09. The Morgan fingerprint density at radius 1 is 0.936 bits per heavy atom. The summed E-state index contributed by atoms with van der Waals surface area (Å²) < 4.78 is 7.31. The van der Waals surface area contributed by atoms with Gasteiger partial charge in [-0.3, -0.25) is 9.47 Å². The minimum absolute atomic E-state index is 0.00598. The first kappa shape index (κ1) is 34.2. The van der Waals surface area contributed by atoms with Crippen molar-refractivity contribution in [2.45, 2.75) is 76.8 Å². The Morgan fingerprint density at radius 3 is 2.15 bits per heavy atom. The maximum Gasteiger partial charge on any atom is 0.315 e. The number of carbonyl (C=O) groups excluding carboxylic acids is 1. The van der Waals surface area contributed by atoms with Gasteiger partial charge < -0.3 is 36.0 Å². The summed E-state index contributed by atoms with van der Waals surface area (Å²) >= 11 is 0. The van der Waals surface area contributed by atoms with Crippen molar-refractivity contribution in [1.29, 1.82) is 0 Å². The molecule has 47 heavy (non-hydrogen) atoms. The zero-order valence-corrected chi connectivity index (χ0v) is 27.3. The van der Waals surface area contributed by atoms with Crippen LogP contribution in [0, 0.1) is 0 Å². The summed E-state index contributed by atoms with van der Waals surface area (Å²) in [6.07, 6.45) is -3.14. The molecule has 2 amide bonds. The van der Waals surface area contributed by atoms with E-state index in [0.717, 1.165) is 11.1 Å². The standard InChI is InChI=1S/C34H46N8O5/c1-21(2)41(22(3)4)16-15-35-34(46)37-18-27-39-31(36-17-25(23-11-7-5-8-12-23)24-13-9-6-10-14-24)28-32(40-27)42(20-38-28)33-30(45)29(44)26(19-43)47-33/h5-14,20-22,25-26,29-30,33,43-45H,15-19H2,1-4H3,(H2,35,37,46)(H,36,39,40)/t26-,29-,30+,33-/m1/s1. The number of benzene rings is 2. The maximum atomic E-state index is 12.8. The Balaban J connectivity index is 1.40. The monoisotopic (exact) mass is 646 g/mol. The van der Waals surface area contributed by atoms with Crippen molar-refractivity contribution in [3.63, 3.8) is 0 Å². The highest BCUT2D eigenvalue weighted by Gasteiger charge is 2.44. The highest BCUT2D eigenvalue weighted by atomic mass is 16.6. The molecule has 1 saturated heterocycles. The number of imidazole rings is 1. The van der Waals surface area contributed by atoms with Gasteiger partial charge in [-0.25, -0.2) is 19.7 Å². The summed E-state index contributed by atoms with van der Waals surface area (Å²) in [5.41, 5.74) is 3.02. The molecule has 0 saturated carbocycles. The van der Waals surface area contributed by atoms with Crippen LogP contribution in [0.5, 0.6) is 0 Å². The Kier molecular flexibility index (Phi) is 11.4. The van der Waals surface area contributed by atoms with E-state index in [1.807, 2.05) is 36.4 Å². The van der Waals surface area contributed by atoms with Gasteiger partial charge in [-0.15, -0.1) is 0 Å². The van der Waals surface area contributed by atoms with E-state index in [2.05, 4.69) is 82.8 Å². The fourth-order valence-electron chi connectivity index (χ4n) is 6.09. The number of hydrogen-bond acceptors (Lipinski definition) is 10. The predicted molar refractivity (Wildman–Crippen MR) is 179 cm³/mol. The SMILES string of the molecule is CC(C)N(CCNC(=O)NCc1nc(NCC(c2ccccc2)c2ccccc2)c2ncn([C@@H]3O[C@H](CO)[C@@H](O)[C@@H]3O)c2n1)C(C)C. The number of carbonyl (C=O) groups is 1. The number of urea groups is 1. The van der Waals surface area contributed by atoms with Crippen LogP contribution in [0.25, 0.3) is 11.2 Å². The summed E-state index contributed by atoms with van der Waals surface area (Å²) in [6, 6.07) is 20.7. The van der Waals surface area contributed by atoms with Gasteiger partial charge in [0.25, 0.3) is 0 Å². The van der Waals surface area contributed by atoms with Crippen LogP contribution in [0.15, 0.2) is 67.0 Å². The van der Waals surface area contributed by atoms with E-state index in [0.29, 0.717) is 54.5 Å². The number of fused-ring (bicyclic) bond motifs is 1. The molecule has 2 aromatic carbocycles. The van der Waals surface area contributed by atoms with Crippen molar-refractivity contribution >= 4 is 23.0 Å². The number of nitrogens with one attached hydrogen (secondary N) is 3. The van der Waals surface area contributed by atoms with Crippen LogP contribution in [0.2, 0.25) is 0 Å². The first-order valence-corrected chi connectivity index (χ1v) is 16.1. The number of amides is 2. The van der Waals surface area contributed by atoms with Crippen LogP contribution in [0.1, 0.15) is 56.8 Å². The lowest BCUT2D eigenvalue weighted by atomic mass is 9.91. The molecule has 13 nitrogen and oxygen atoms in total. The molecule has 1 aliphatic heterocycles. The minimum Gasteiger partial charge on any atom is -0.394 e. The van der Waals surface area contributed by atoms with Gasteiger partial charge in [0.2, 0.25) is 0 Å². The lowest BCUT2D eigenvalue weighted by Crippen LogP contribution is -2.44. The summed E-state index contributed by atoms with van der Waals surface area (Å²) in [7, 11) is 0. The molecule has 5 rings (SSSR count). The number of nitrogens with zero attached hydrogens (tertiary/aromatic N) is 5. The highest BCUT2D eigenvalue weighted by Crippen LogP contribution is 2.33. The van der Waals surface area contributed by atoms with Gasteiger partial charge in [0, 0.05) is 37.6 Å². The summed E-state index contributed by atoms with van der Waals surface area (Å²) in [5.74, 6) is 0.748. The molecule has 13 heteroatoms. The Bertz CT molecular complexity index is 1540. The van der Waals surface area contributed by atoms with Crippen molar-refractivity contribution in [3.05, 3.63) is 83.9 Å². The molecule has 0 radical (unpaired) electrons. The number of rotatable bonds is 14. The minimum atomic E-state index is -1.32. The zero-order chi connectivity index (χ0) is 33.5. The summed E-state index contributed by atoms with van der Waals surface area (Å²) in [6.45, 7) is 9.77. The topological polar surface area (TPSA) is 170 Å². The van der Waals surface area contributed by atoms with E-state index < -0.39 is 31.1 Å². The molecular weight excluding hydrogens is 600 g/mol. The second-order valence-electron chi connectivity index (χ2n) is 12.3. The quantitative estimate of drug-likeness (QED) is 0.120. The largest absolute Gasteiger partial charge is 0.394 e. The molecule has 1 fully saturated rings. The van der Waals surface area contributed by atoms with Crippen molar-refractivity contribution in [3.8, 4) is 0 Å². The van der Waals surface area contributed by atoms with Crippen molar-refractivity contribution in [1.82, 2.24) is 35.1 Å². The summed E-state index contributed by atoms with van der Waals surface area (Å²) in [4.78, 5) is 29.0. The number of aliphatic hydroxyl groups is 3. The first-order chi connectivity index (χ1) is 22.7. The molecule has 0 spiro atoms. The maximum absolute atomic E-state index is 12.8. The molecule has 0 bridgehead atoms. The molecule has 6 N–H and O–H groups in total. The molecule has 252 valence electrons. The molecule has 2 aromatic heterocycles. The number of ether oxygens (including phenoxy) is 1. The molecule has 1 aliphatic rings. The van der Waals surface area contributed by atoms with Crippen LogP contribution >= 0.6 is 0 Å². The molecule has 4 aromatic rings. The predicted octanol–water partition coefficient (Wildman–Crippen LogP) is 2.60. The molecule has 4 atom stereocenters. The number of aliphatic hydroxyl groups excluding tert-OH is 3. The highest BCUT2D eigenvalue weighted by molar-refractivity contribution is 5.83. The van der Waals surface area contributed by atoms with Gasteiger partial charge in [-0.2, -0.15) is 0 Å². The first-order valence-electron chi connectivity index (χ1n) is 16.1. The normalized spacial score (nSPS) is 19.7. The van der Waals surface area contributed by atoms with E-state index >= 15 is 0 Å². The van der Waals surface area contributed by atoms with Crippen LogP contribution < -0.4 is 16.0 Å². The lowest BCUT2D eigenvalue weighted by Gasteiger charge is -2.30. The third kappa shape index (κ3) is 8.06. The third-order valence-corrected chi connectivity index (χ3v) is 8.53. The van der Waals surface area contributed by atoms with Gasteiger partial charge in [0.15, 0.2) is 29.0 Å². The van der Waals surface area contributed by atoms with E-state index in [9.17, 15) is 20.1 Å². The lowest BCUT2D eigenvalue weighted by molar-refractivity contribution is -0.0511. The number of anilines is 1. The third-order valence-electron chi connectivity index (χ3n) is 8.53. The summed E-state index contributed by atoms with van der Waals surface area (Å²) in [5, 5.41) is 40.0. The van der Waals surface area contributed by atoms with Gasteiger partial charge in [0.05, 0.1) is 19.5 Å². The van der Waals surface area contributed by atoms with Crippen LogP contribution in [-0.2, 0) is 11.3 Å². The van der Waals surface area contributed by atoms with Gasteiger partial charge in [0.1, 0.15) is 18.3 Å². The van der Waals surface area contributed by atoms with E-state index in [1.165, 1.54) is 10.9 Å². The van der Waals surface area contributed by atoms with Gasteiger partial charge in [-0.05, 0) is 38.8 Å². The number of aromatic nitrogens is 4. The smallest absolute Gasteiger partial charge is 0.315 e. The van der Waals surface area contributed by atoms with Crippen molar-refractivity contribution in [2.75, 3.05) is 31.6 Å². The molecule has 0 aliphatic carbocycles. The Labute approximate surface area is 275 Å². The average molecular weight is 647 g/mol. The van der Waals surface area contributed by atoms with Crippen LogP contribution in [0.3, 0.4) is 0 Å². The zero-order valence-electron chi connectivity index (χ0n) is 27.3. The Hall–Kier alpha value is -4.14. The van der Waals surface area contributed by atoms with Crippen molar-refractivity contribution in [2.24, 2.45) is 0 Å². The van der Waals surface area contributed by atoms with Crippen LogP contribution in [0.4, 0.5) is 10.6 Å². The number of hydrogen-bond donors (Lipinski definition) is 6. The van der Waals surface area contributed by atoms with E-state index in [-0.39, 0.29) is 18.5 Å². The van der Waals surface area contributed by atoms with Gasteiger partial charge in [-0.1, -0.05) is 60.7 Å². The fraction of sp³-hybridized carbons (Fsp3) is 0.471. The van der Waals surface area contributed by atoms with E-state index in [4.69, 9.17) is 9.72 Å². The van der Waals surface area contributed by atoms with E-state index in [1.54, 1.807) is 0 Å². The van der Waals surface area contributed by atoms with Crippen molar-refractivity contribution < 1.29 is 24.9 Å².